The number of quaternary nitrogens is 1. The van der Waals surface area contributed by atoms with Crippen LogP contribution in [0.3, 0.4) is 0 Å². The molecule has 0 saturated carbocycles. The largest absolute Gasteiger partial charge is 0.756 e. The van der Waals surface area contributed by atoms with Gasteiger partial charge in [0.15, 0.2) is 0 Å². The number of unbranched alkanes of at least 4 members (excludes halogenated alkanes) is 13. The molecule has 0 fully saturated rings. The van der Waals surface area contributed by atoms with Gasteiger partial charge in [-0.15, -0.1) is 0 Å². The first-order valence-corrected chi connectivity index (χ1v) is 13.2. The monoisotopic (exact) mass is 421 g/mol. The molecule has 1 unspecified atom stereocenters. The van der Waals surface area contributed by atoms with Crippen molar-refractivity contribution in [3.8, 4) is 0 Å². The maximum Gasteiger partial charge on any atom is 0.268 e. The van der Waals surface area contributed by atoms with E-state index in [1.807, 2.05) is 0 Å². The van der Waals surface area contributed by atoms with E-state index in [-0.39, 0.29) is 13.2 Å². The molecule has 0 radical (unpaired) electrons. The van der Waals surface area contributed by atoms with Crippen LogP contribution >= 0.6 is 7.82 Å². The summed E-state index contributed by atoms with van der Waals surface area (Å²) in [4.78, 5) is 11.7. The number of hydrogen-bond donors (Lipinski definition) is 0. The number of rotatable bonds is 21. The molecule has 170 valence electrons. The zero-order valence-corrected chi connectivity index (χ0v) is 20.1. The molecule has 0 aromatic rings. The van der Waals surface area contributed by atoms with E-state index >= 15 is 0 Å². The van der Waals surface area contributed by atoms with E-state index in [4.69, 9.17) is 9.05 Å². The molecule has 0 aliphatic heterocycles. The molecular formula is C22H48NO4P. The van der Waals surface area contributed by atoms with E-state index in [0.717, 1.165) is 30.3 Å². The summed E-state index contributed by atoms with van der Waals surface area (Å²) in [6.45, 7) is 6.35. The fourth-order valence-electron chi connectivity index (χ4n) is 3.07. The molecule has 0 heterocycles. The van der Waals surface area contributed by atoms with E-state index in [0.29, 0.717) is 6.54 Å². The lowest BCUT2D eigenvalue weighted by Crippen LogP contribution is -2.41. The predicted molar refractivity (Wildman–Crippen MR) is 117 cm³/mol. The van der Waals surface area contributed by atoms with Gasteiger partial charge in [0.25, 0.3) is 7.82 Å². The Morgan fingerprint density at radius 1 is 0.679 bits per heavy atom. The van der Waals surface area contributed by atoms with Crippen LogP contribution in [0.15, 0.2) is 0 Å². The van der Waals surface area contributed by atoms with Gasteiger partial charge in [-0.3, -0.25) is 4.57 Å². The summed E-state index contributed by atoms with van der Waals surface area (Å²) in [7, 11) is -0.0351. The number of phosphoric acid groups is 1. The van der Waals surface area contributed by atoms with Crippen LogP contribution in [0.1, 0.15) is 104 Å². The lowest BCUT2D eigenvalue weighted by Gasteiger charge is -2.29. The molecule has 0 N–H and O–H groups in total. The highest BCUT2D eigenvalue weighted by molar-refractivity contribution is 7.45. The van der Waals surface area contributed by atoms with Crippen LogP contribution < -0.4 is 4.89 Å². The smallest absolute Gasteiger partial charge is 0.268 e. The fraction of sp³-hybridized carbons (Fsp3) is 1.00. The minimum Gasteiger partial charge on any atom is -0.756 e. The van der Waals surface area contributed by atoms with Gasteiger partial charge in [-0.1, -0.05) is 90.4 Å². The Morgan fingerprint density at radius 2 is 1.07 bits per heavy atom. The fourth-order valence-corrected chi connectivity index (χ4v) is 3.80. The third-order valence-corrected chi connectivity index (χ3v) is 6.55. The van der Waals surface area contributed by atoms with E-state index in [2.05, 4.69) is 27.9 Å². The van der Waals surface area contributed by atoms with Gasteiger partial charge in [-0.05, 0) is 13.3 Å². The van der Waals surface area contributed by atoms with E-state index in [1.54, 1.807) is 0 Å². The van der Waals surface area contributed by atoms with Gasteiger partial charge < -0.3 is 18.4 Å². The quantitative estimate of drug-likeness (QED) is 0.128. The van der Waals surface area contributed by atoms with E-state index in [1.165, 1.54) is 70.6 Å². The minimum atomic E-state index is -4.14. The van der Waals surface area contributed by atoms with Gasteiger partial charge in [0.05, 0.1) is 27.2 Å². The molecule has 0 aromatic carbocycles. The Bertz CT molecular complexity index is 391. The Hall–Kier alpha value is 0.0700. The van der Waals surface area contributed by atoms with E-state index in [9.17, 15) is 9.46 Å². The van der Waals surface area contributed by atoms with Crippen molar-refractivity contribution in [2.24, 2.45) is 0 Å². The average Bonchev–Trinajstić information content (AvgIpc) is 2.64. The molecule has 6 heteroatoms. The number of phosphoric ester groups is 1. The highest BCUT2D eigenvalue weighted by Crippen LogP contribution is 2.38. The third-order valence-electron chi connectivity index (χ3n) is 5.55. The van der Waals surface area contributed by atoms with Gasteiger partial charge in [-0.2, -0.15) is 0 Å². The summed E-state index contributed by atoms with van der Waals surface area (Å²) in [5, 5.41) is 0. The second-order valence-electron chi connectivity index (χ2n) is 8.69. The van der Waals surface area contributed by atoms with Crippen molar-refractivity contribution in [1.82, 2.24) is 0 Å². The van der Waals surface area contributed by atoms with Crippen LogP contribution in [0, 0.1) is 0 Å². The topological polar surface area (TPSA) is 58.6 Å². The van der Waals surface area contributed by atoms with Gasteiger partial charge >= 0.3 is 0 Å². The van der Waals surface area contributed by atoms with Gasteiger partial charge in [0.1, 0.15) is 13.2 Å². The van der Waals surface area contributed by atoms with Gasteiger partial charge in [0, 0.05) is 0 Å². The summed E-state index contributed by atoms with van der Waals surface area (Å²) in [6, 6.07) is 0. The van der Waals surface area contributed by atoms with Crippen molar-refractivity contribution in [3.63, 3.8) is 0 Å². The zero-order chi connectivity index (χ0) is 21.1. The maximum absolute atomic E-state index is 11.7. The standard InChI is InChI=1S/C22H48NO4P/c1-5-7-8-9-10-11-12-13-14-15-16-17-18-19-21-26-28(24,25)27-22-20-23(3,4)6-2/h5-22H2,1-4H3. The number of likely N-dealkylation sites (N-methyl/N-ethyl adjacent to an activating group) is 1. The Labute approximate surface area is 175 Å². The third kappa shape index (κ3) is 19.4. The van der Waals surface area contributed by atoms with Crippen molar-refractivity contribution < 1.29 is 23.0 Å². The van der Waals surface area contributed by atoms with Crippen molar-refractivity contribution in [3.05, 3.63) is 0 Å². The minimum absolute atomic E-state index is 0.181. The molecule has 0 bridgehead atoms. The van der Waals surface area contributed by atoms with Gasteiger partial charge in [0.2, 0.25) is 0 Å². The summed E-state index contributed by atoms with van der Waals surface area (Å²) < 4.78 is 22.4. The number of nitrogens with zero attached hydrogens (tertiary/aromatic N) is 1. The van der Waals surface area contributed by atoms with Crippen LogP contribution in [0.5, 0.6) is 0 Å². The molecule has 0 spiro atoms. The Kier molecular flexibility index (Phi) is 17.9. The highest BCUT2D eigenvalue weighted by Gasteiger charge is 2.15. The van der Waals surface area contributed by atoms with Crippen LogP contribution in [0.2, 0.25) is 0 Å². The molecule has 0 aliphatic rings. The van der Waals surface area contributed by atoms with E-state index < -0.39 is 7.82 Å². The molecule has 0 amide bonds. The van der Waals surface area contributed by atoms with Crippen molar-refractivity contribution in [2.45, 2.75) is 104 Å². The first-order valence-electron chi connectivity index (χ1n) is 11.7. The highest BCUT2D eigenvalue weighted by atomic mass is 31.2. The maximum atomic E-state index is 11.7. The zero-order valence-electron chi connectivity index (χ0n) is 19.3. The molecule has 0 aromatic heterocycles. The second kappa shape index (κ2) is 17.9. The van der Waals surface area contributed by atoms with Crippen molar-refractivity contribution >= 4 is 7.82 Å². The summed E-state index contributed by atoms with van der Waals surface area (Å²) >= 11 is 0. The first kappa shape index (κ1) is 28.1. The van der Waals surface area contributed by atoms with Crippen LogP contribution in [-0.4, -0.2) is 44.9 Å². The molecule has 5 nitrogen and oxygen atoms in total. The Balaban J connectivity index is 3.37. The molecule has 0 saturated heterocycles. The molecule has 28 heavy (non-hydrogen) atoms. The van der Waals surface area contributed by atoms with Gasteiger partial charge in [-0.25, -0.2) is 0 Å². The predicted octanol–water partition coefficient (Wildman–Crippen LogP) is 6.07. The lowest BCUT2D eigenvalue weighted by atomic mass is 10.0. The summed E-state index contributed by atoms with van der Waals surface area (Å²) in [5.41, 5.74) is 0. The first-order chi connectivity index (χ1) is 13.3. The lowest BCUT2D eigenvalue weighted by molar-refractivity contribution is -0.888. The molecule has 1 atom stereocenters. The van der Waals surface area contributed by atoms with Crippen LogP contribution in [0.4, 0.5) is 0 Å². The SMILES string of the molecule is CCCCCCCCCCCCCCCCOP(=O)([O-])OCC[N+](C)(C)CC. The summed E-state index contributed by atoms with van der Waals surface area (Å²) in [5.74, 6) is 0. The van der Waals surface area contributed by atoms with Crippen LogP contribution in [0.25, 0.3) is 0 Å². The normalized spacial score (nSPS) is 14.3. The van der Waals surface area contributed by atoms with Crippen LogP contribution in [-0.2, 0) is 13.6 Å². The molecule has 0 rings (SSSR count). The average molecular weight is 422 g/mol. The number of hydrogen-bond acceptors (Lipinski definition) is 4. The molecule has 0 aliphatic carbocycles. The second-order valence-corrected chi connectivity index (χ2v) is 10.1. The van der Waals surface area contributed by atoms with Crippen molar-refractivity contribution in [2.75, 3.05) is 40.4 Å². The summed E-state index contributed by atoms with van der Waals surface area (Å²) in [6.07, 6.45) is 17.9. The Morgan fingerprint density at radius 3 is 1.50 bits per heavy atom. The molecular weight excluding hydrogens is 373 g/mol. The van der Waals surface area contributed by atoms with Crippen molar-refractivity contribution in [1.29, 1.82) is 0 Å².